The van der Waals surface area contributed by atoms with Crippen molar-refractivity contribution in [3.8, 4) is 0 Å². The molecule has 104 valence electrons. The van der Waals surface area contributed by atoms with Gasteiger partial charge in [0.1, 0.15) is 0 Å². The monoisotopic (exact) mass is 413 g/mol. The van der Waals surface area contributed by atoms with Crippen LogP contribution in [0.4, 0.5) is 0 Å². The minimum absolute atomic E-state index is 0.142. The maximum atomic E-state index is 5.87. The van der Waals surface area contributed by atoms with Gasteiger partial charge in [-0.15, -0.1) is 4.47 Å². The molecule has 2 nitrogen and oxygen atoms in total. The van der Waals surface area contributed by atoms with Crippen molar-refractivity contribution >= 4 is 43.8 Å². The molecule has 0 spiro atoms. The van der Waals surface area contributed by atoms with Gasteiger partial charge in [-0.05, 0) is 41.3 Å². The van der Waals surface area contributed by atoms with Crippen molar-refractivity contribution < 1.29 is 4.84 Å². The zero-order chi connectivity index (χ0) is 13.9. The van der Waals surface area contributed by atoms with Gasteiger partial charge in [0.25, 0.3) is 0 Å². The molecule has 5 heteroatoms. The van der Waals surface area contributed by atoms with Crippen LogP contribution in [0, 0.1) is 0 Å². The third-order valence-electron chi connectivity index (χ3n) is 3.09. The number of hydrogen-bond acceptors (Lipinski definition) is 3. The summed E-state index contributed by atoms with van der Waals surface area (Å²) in [6.07, 6.45) is 0. The lowest BCUT2D eigenvalue weighted by atomic mass is 10.00. The molecule has 0 N–H and O–H groups in total. The molecule has 0 amide bonds. The lowest BCUT2D eigenvalue weighted by molar-refractivity contribution is -0.0839. The van der Waals surface area contributed by atoms with Gasteiger partial charge in [0, 0.05) is 14.7 Å². The Labute approximate surface area is 139 Å². The molecule has 2 aromatic carbocycles. The number of hydrogen-bond donors (Lipinski definition) is 0. The van der Waals surface area contributed by atoms with Crippen molar-refractivity contribution in [2.24, 2.45) is 0 Å². The molecule has 0 saturated carbocycles. The van der Waals surface area contributed by atoms with Gasteiger partial charge >= 0.3 is 0 Å². The Morgan fingerprint density at radius 3 is 2.60 bits per heavy atom. The predicted molar refractivity (Wildman–Crippen MR) is 89.9 cm³/mol. The Morgan fingerprint density at radius 2 is 1.85 bits per heavy atom. The summed E-state index contributed by atoms with van der Waals surface area (Å²) in [6, 6.07) is 17.0. The van der Waals surface area contributed by atoms with Crippen molar-refractivity contribution in [1.82, 2.24) is 4.47 Å². The number of benzene rings is 2. The van der Waals surface area contributed by atoms with E-state index in [0.29, 0.717) is 6.61 Å². The van der Waals surface area contributed by atoms with Crippen LogP contribution < -0.4 is 0 Å². The molecule has 2 aromatic rings. The zero-order valence-electron chi connectivity index (χ0n) is 10.6. The Hall–Kier alpha value is -0.330. The van der Waals surface area contributed by atoms with Crippen molar-refractivity contribution in [3.63, 3.8) is 0 Å². The predicted octanol–water partition coefficient (Wildman–Crippen LogP) is 5.19. The van der Waals surface area contributed by atoms with E-state index in [1.165, 1.54) is 16.0 Å². The largest absolute Gasteiger partial charge is 0.286 e. The molecule has 0 saturated heterocycles. The zero-order valence-corrected chi connectivity index (χ0v) is 14.6. The summed E-state index contributed by atoms with van der Waals surface area (Å²) in [5.74, 6) is 0. The van der Waals surface area contributed by atoms with Crippen LogP contribution >= 0.6 is 43.8 Å². The number of nitrogens with zero attached hydrogens (tertiary/aromatic N) is 1. The Morgan fingerprint density at radius 1 is 1.10 bits per heavy atom. The number of rotatable bonds is 4. The smallest absolute Gasteiger partial charge is 0.0982 e. The molecule has 0 radical (unpaired) electrons. The highest BCUT2D eigenvalue weighted by atomic mass is 79.9. The maximum Gasteiger partial charge on any atom is 0.0982 e. The number of fused-ring (bicyclic) bond motifs is 1. The Balaban J connectivity index is 1.96. The van der Waals surface area contributed by atoms with Gasteiger partial charge in [0.2, 0.25) is 0 Å². The van der Waals surface area contributed by atoms with Crippen LogP contribution in [0.5, 0.6) is 0 Å². The molecule has 3 rings (SSSR count). The second kappa shape index (κ2) is 6.62. The summed E-state index contributed by atoms with van der Waals surface area (Å²) >= 11 is 8.56. The summed E-state index contributed by atoms with van der Waals surface area (Å²) in [4.78, 5) is 7.13. The van der Waals surface area contributed by atoms with Crippen molar-refractivity contribution in [2.45, 2.75) is 10.9 Å². The van der Waals surface area contributed by atoms with E-state index < -0.39 is 0 Å². The topological polar surface area (TPSA) is 12.5 Å². The summed E-state index contributed by atoms with van der Waals surface area (Å²) in [5, 5.41) is 0.827. The van der Waals surface area contributed by atoms with E-state index >= 15 is 0 Å². The number of alkyl halides is 1. The second-order valence-electron chi connectivity index (χ2n) is 4.39. The molecule has 20 heavy (non-hydrogen) atoms. The van der Waals surface area contributed by atoms with Gasteiger partial charge in [0.15, 0.2) is 0 Å². The highest BCUT2D eigenvalue weighted by Gasteiger charge is 2.33. The highest BCUT2D eigenvalue weighted by Crippen LogP contribution is 2.47. The second-order valence-corrected chi connectivity index (χ2v) is 7.08. The Bertz CT molecular complexity index is 591. The molecule has 0 fully saturated rings. The lowest BCUT2D eigenvalue weighted by Gasteiger charge is -2.22. The summed E-state index contributed by atoms with van der Waals surface area (Å²) in [5.41, 5.74) is 2.54. The summed E-state index contributed by atoms with van der Waals surface area (Å²) in [7, 11) is 0. The molecule has 1 unspecified atom stereocenters. The van der Waals surface area contributed by atoms with Crippen LogP contribution in [0.1, 0.15) is 17.2 Å². The first-order valence-corrected chi connectivity index (χ1v) is 8.99. The quantitative estimate of drug-likeness (QED) is 0.504. The minimum Gasteiger partial charge on any atom is -0.286 e. The summed E-state index contributed by atoms with van der Waals surface area (Å²) < 4.78 is 3.09. The van der Waals surface area contributed by atoms with Crippen molar-refractivity contribution in [1.29, 1.82) is 0 Å². The molecule has 0 aromatic heterocycles. The fourth-order valence-electron chi connectivity index (χ4n) is 2.22. The van der Waals surface area contributed by atoms with Gasteiger partial charge in [-0.2, -0.15) is 0 Å². The molecule has 1 aliphatic heterocycles. The van der Waals surface area contributed by atoms with E-state index in [1.54, 1.807) is 11.9 Å². The van der Waals surface area contributed by atoms with Gasteiger partial charge in [-0.25, -0.2) is 0 Å². The fraction of sp³-hybridized carbons (Fsp3) is 0.200. The molecular formula is C15H13Br2NOS. The Kier molecular flexibility index (Phi) is 4.83. The van der Waals surface area contributed by atoms with Crippen LogP contribution in [0.3, 0.4) is 0 Å². The number of hydroxylamine groups is 1. The third kappa shape index (κ3) is 2.97. The first-order chi connectivity index (χ1) is 9.79. The average Bonchev–Trinajstić information content (AvgIpc) is 2.84. The minimum atomic E-state index is 0.142. The van der Waals surface area contributed by atoms with Gasteiger partial charge in [-0.1, -0.05) is 62.2 Å². The van der Waals surface area contributed by atoms with Crippen LogP contribution in [0.25, 0.3) is 0 Å². The van der Waals surface area contributed by atoms with E-state index in [2.05, 4.69) is 80.4 Å². The van der Waals surface area contributed by atoms with E-state index in [4.69, 9.17) is 4.84 Å². The number of halogens is 2. The van der Waals surface area contributed by atoms with E-state index in [0.717, 1.165) is 9.80 Å². The van der Waals surface area contributed by atoms with E-state index in [-0.39, 0.29) is 6.04 Å². The van der Waals surface area contributed by atoms with Crippen LogP contribution in [0.15, 0.2) is 57.9 Å². The van der Waals surface area contributed by atoms with Gasteiger partial charge < -0.3 is 0 Å². The molecule has 0 bridgehead atoms. The fourth-order valence-corrected chi connectivity index (χ4v) is 3.72. The highest BCUT2D eigenvalue weighted by molar-refractivity contribution is 9.10. The van der Waals surface area contributed by atoms with Gasteiger partial charge in [0.05, 0.1) is 12.6 Å². The standard InChI is InChI=1S/C15H13Br2NOS/c16-9-10-19-18-15(11-5-7-12(17)8-6-11)13-3-1-2-4-14(13)20-18/h1-8,15H,9-10H2. The van der Waals surface area contributed by atoms with Crippen LogP contribution in [-0.2, 0) is 4.84 Å². The van der Waals surface area contributed by atoms with Gasteiger partial charge in [-0.3, -0.25) is 4.84 Å². The SMILES string of the molecule is BrCCON1Sc2ccccc2C1c1ccc(Br)cc1. The molecule has 1 heterocycles. The summed E-state index contributed by atoms with van der Waals surface area (Å²) in [6.45, 7) is 0.661. The van der Waals surface area contributed by atoms with E-state index in [9.17, 15) is 0 Å². The first kappa shape index (κ1) is 14.6. The molecular weight excluding hydrogens is 402 g/mol. The molecule has 1 atom stereocenters. The maximum absolute atomic E-state index is 5.87. The lowest BCUT2D eigenvalue weighted by Crippen LogP contribution is -2.20. The first-order valence-electron chi connectivity index (χ1n) is 6.30. The third-order valence-corrected chi connectivity index (χ3v) is 5.01. The van der Waals surface area contributed by atoms with E-state index in [1.807, 2.05) is 4.47 Å². The van der Waals surface area contributed by atoms with Crippen LogP contribution in [-0.4, -0.2) is 16.4 Å². The molecule has 1 aliphatic rings. The molecule has 0 aliphatic carbocycles. The van der Waals surface area contributed by atoms with Crippen molar-refractivity contribution in [2.75, 3.05) is 11.9 Å². The average molecular weight is 415 g/mol. The van der Waals surface area contributed by atoms with Crippen LogP contribution in [0.2, 0.25) is 0 Å². The van der Waals surface area contributed by atoms with Crippen molar-refractivity contribution in [3.05, 3.63) is 64.1 Å². The normalized spacial score (nSPS) is 18.2.